The quantitative estimate of drug-likeness (QED) is 0.599. The van der Waals surface area contributed by atoms with Gasteiger partial charge in [-0.1, -0.05) is 18.2 Å². The first-order valence-electron chi connectivity index (χ1n) is 9.23. The molecule has 2 aromatic rings. The van der Waals surface area contributed by atoms with E-state index in [2.05, 4.69) is 10.0 Å². The zero-order chi connectivity index (χ0) is 20.9. The molecule has 0 saturated carbocycles. The fourth-order valence-corrected chi connectivity index (χ4v) is 4.12. The Morgan fingerprint density at radius 2 is 1.90 bits per heavy atom. The van der Waals surface area contributed by atoms with Gasteiger partial charge < -0.3 is 15.8 Å². The van der Waals surface area contributed by atoms with Crippen molar-refractivity contribution < 1.29 is 22.7 Å². The molecule has 8 nitrogen and oxygen atoms in total. The van der Waals surface area contributed by atoms with Crippen LogP contribution >= 0.6 is 0 Å². The molecule has 1 unspecified atom stereocenters. The molecule has 0 radical (unpaired) electrons. The number of primary amides is 1. The number of carbonyl (C=O) groups excluding carboxylic acids is 2. The summed E-state index contributed by atoms with van der Waals surface area (Å²) in [6, 6.07) is 12.5. The molecule has 1 aliphatic heterocycles. The average molecular weight is 417 g/mol. The smallest absolute Gasteiger partial charge is 0.255 e. The molecule has 154 valence electrons. The van der Waals surface area contributed by atoms with Crippen LogP contribution < -0.4 is 15.8 Å². The summed E-state index contributed by atoms with van der Waals surface area (Å²) in [7, 11) is -3.75. The Morgan fingerprint density at radius 1 is 1.14 bits per heavy atom. The van der Waals surface area contributed by atoms with E-state index in [1.165, 1.54) is 24.3 Å². The summed E-state index contributed by atoms with van der Waals surface area (Å²) in [4.78, 5) is 23.5. The second-order valence-corrected chi connectivity index (χ2v) is 8.58. The lowest BCUT2D eigenvalue weighted by molar-refractivity contribution is -0.117. The number of nitrogens with one attached hydrogen (secondary N) is 2. The summed E-state index contributed by atoms with van der Waals surface area (Å²) in [5.74, 6) is -0.878. The Hall–Kier alpha value is -2.75. The van der Waals surface area contributed by atoms with Crippen molar-refractivity contribution in [3.8, 4) is 0 Å². The number of amides is 2. The molecule has 3 rings (SSSR count). The van der Waals surface area contributed by atoms with Crippen molar-refractivity contribution in [2.24, 2.45) is 5.73 Å². The predicted octanol–water partition coefficient (Wildman–Crippen LogP) is 1.42. The molecule has 1 heterocycles. The van der Waals surface area contributed by atoms with Gasteiger partial charge in [-0.05, 0) is 48.7 Å². The first-order valence-corrected chi connectivity index (χ1v) is 10.7. The van der Waals surface area contributed by atoms with Crippen LogP contribution in [0.4, 0.5) is 5.69 Å². The molecule has 1 aliphatic rings. The van der Waals surface area contributed by atoms with Gasteiger partial charge in [-0.3, -0.25) is 9.59 Å². The highest BCUT2D eigenvalue weighted by Gasteiger charge is 2.21. The molecule has 0 spiro atoms. The fraction of sp³-hybridized carbons (Fsp3) is 0.300. The first-order chi connectivity index (χ1) is 13.8. The van der Waals surface area contributed by atoms with Crippen LogP contribution in [0.3, 0.4) is 0 Å². The van der Waals surface area contributed by atoms with E-state index in [1.54, 1.807) is 24.3 Å². The third-order valence-electron chi connectivity index (χ3n) is 4.52. The molecule has 0 aliphatic carbocycles. The predicted molar refractivity (Wildman–Crippen MR) is 108 cm³/mol. The molecule has 9 heteroatoms. The minimum atomic E-state index is -3.75. The van der Waals surface area contributed by atoms with E-state index in [0.717, 1.165) is 18.4 Å². The van der Waals surface area contributed by atoms with Crippen LogP contribution in [0, 0.1) is 0 Å². The zero-order valence-electron chi connectivity index (χ0n) is 15.8. The number of anilines is 1. The van der Waals surface area contributed by atoms with E-state index in [0.29, 0.717) is 12.3 Å². The van der Waals surface area contributed by atoms with Gasteiger partial charge in [0, 0.05) is 24.4 Å². The maximum absolute atomic E-state index is 12.5. The summed E-state index contributed by atoms with van der Waals surface area (Å²) >= 11 is 0. The number of carbonyl (C=O) groups is 2. The van der Waals surface area contributed by atoms with Crippen LogP contribution in [0.15, 0.2) is 53.4 Å². The minimum Gasteiger partial charge on any atom is -0.377 e. The molecular weight excluding hydrogens is 394 g/mol. The highest BCUT2D eigenvalue weighted by Crippen LogP contribution is 2.16. The molecule has 2 aromatic carbocycles. The highest BCUT2D eigenvalue weighted by atomic mass is 32.2. The van der Waals surface area contributed by atoms with E-state index < -0.39 is 21.8 Å². The molecule has 1 fully saturated rings. The van der Waals surface area contributed by atoms with Gasteiger partial charge in [0.25, 0.3) is 5.91 Å². The largest absolute Gasteiger partial charge is 0.377 e. The third kappa shape index (κ3) is 5.86. The van der Waals surface area contributed by atoms with Gasteiger partial charge >= 0.3 is 0 Å². The van der Waals surface area contributed by atoms with Crippen LogP contribution in [0.5, 0.6) is 0 Å². The Kier molecular flexibility index (Phi) is 6.63. The van der Waals surface area contributed by atoms with Crippen LogP contribution in [0.25, 0.3) is 0 Å². The number of ether oxygens (including phenoxy) is 1. The van der Waals surface area contributed by atoms with E-state index >= 15 is 0 Å². The maximum Gasteiger partial charge on any atom is 0.255 e. The van der Waals surface area contributed by atoms with E-state index in [-0.39, 0.29) is 29.5 Å². The Morgan fingerprint density at radius 3 is 2.55 bits per heavy atom. The lowest BCUT2D eigenvalue weighted by Crippen LogP contribution is -2.32. The van der Waals surface area contributed by atoms with Gasteiger partial charge in [-0.25, -0.2) is 13.1 Å². The number of rotatable bonds is 8. The van der Waals surface area contributed by atoms with Gasteiger partial charge in [0.05, 0.1) is 17.4 Å². The molecule has 29 heavy (non-hydrogen) atoms. The van der Waals surface area contributed by atoms with Crippen LogP contribution in [-0.4, -0.2) is 39.5 Å². The Bertz CT molecular complexity index is 983. The number of hydrogen-bond acceptors (Lipinski definition) is 5. The topological polar surface area (TPSA) is 128 Å². The second kappa shape index (κ2) is 9.17. The number of hydrogen-bond donors (Lipinski definition) is 3. The molecule has 2 amide bonds. The van der Waals surface area contributed by atoms with Gasteiger partial charge in [-0.2, -0.15) is 0 Å². The van der Waals surface area contributed by atoms with Crippen molar-refractivity contribution in [1.29, 1.82) is 0 Å². The molecule has 4 N–H and O–H groups in total. The average Bonchev–Trinajstić information content (AvgIpc) is 3.21. The molecule has 0 bridgehead atoms. The summed E-state index contributed by atoms with van der Waals surface area (Å²) in [6.07, 6.45) is 1.75. The molecule has 0 aromatic heterocycles. The van der Waals surface area contributed by atoms with Crippen molar-refractivity contribution in [3.63, 3.8) is 0 Å². The van der Waals surface area contributed by atoms with Crippen LogP contribution in [0.2, 0.25) is 0 Å². The van der Waals surface area contributed by atoms with E-state index in [4.69, 9.17) is 10.5 Å². The maximum atomic E-state index is 12.5. The fourth-order valence-electron chi connectivity index (χ4n) is 3.01. The Labute approximate surface area is 169 Å². The molecule has 1 saturated heterocycles. The van der Waals surface area contributed by atoms with Crippen molar-refractivity contribution >= 4 is 27.5 Å². The summed E-state index contributed by atoms with van der Waals surface area (Å²) in [5.41, 5.74) is 6.63. The first kappa shape index (κ1) is 21.0. The van der Waals surface area contributed by atoms with E-state index in [1.807, 2.05) is 0 Å². The van der Waals surface area contributed by atoms with E-state index in [9.17, 15) is 18.0 Å². The van der Waals surface area contributed by atoms with Crippen molar-refractivity contribution in [2.75, 3.05) is 18.5 Å². The normalized spacial score (nSPS) is 16.5. The van der Waals surface area contributed by atoms with Gasteiger partial charge in [0.15, 0.2) is 0 Å². The van der Waals surface area contributed by atoms with Crippen LogP contribution in [-0.2, 0) is 26.0 Å². The highest BCUT2D eigenvalue weighted by molar-refractivity contribution is 7.89. The Balaban J connectivity index is 1.66. The number of benzene rings is 2. The number of sulfonamides is 1. The van der Waals surface area contributed by atoms with Crippen molar-refractivity contribution in [3.05, 3.63) is 59.7 Å². The third-order valence-corrected chi connectivity index (χ3v) is 5.94. The van der Waals surface area contributed by atoms with Gasteiger partial charge in [0.1, 0.15) is 0 Å². The monoisotopic (exact) mass is 417 g/mol. The second-order valence-electron chi connectivity index (χ2n) is 6.81. The summed E-state index contributed by atoms with van der Waals surface area (Å²) < 4.78 is 33.0. The lowest BCUT2D eigenvalue weighted by Gasteiger charge is -2.12. The summed E-state index contributed by atoms with van der Waals surface area (Å²) in [5, 5.41) is 2.70. The van der Waals surface area contributed by atoms with Crippen molar-refractivity contribution in [1.82, 2.24) is 4.72 Å². The van der Waals surface area contributed by atoms with Gasteiger partial charge in [-0.15, -0.1) is 0 Å². The summed E-state index contributed by atoms with van der Waals surface area (Å²) in [6.45, 7) is 0.849. The van der Waals surface area contributed by atoms with Crippen molar-refractivity contribution in [2.45, 2.75) is 30.3 Å². The zero-order valence-corrected chi connectivity index (χ0v) is 16.6. The SMILES string of the molecule is NC(=O)Cc1ccc(NC(=O)c2cccc(S(=O)(=O)NCC3CCCO3)c2)cc1. The minimum absolute atomic E-state index is 0.0138. The molecular formula is C20H23N3O5S. The molecule has 1 atom stereocenters. The lowest BCUT2D eigenvalue weighted by atomic mass is 10.1. The number of nitrogens with two attached hydrogens (primary N) is 1. The van der Waals surface area contributed by atoms with Gasteiger partial charge in [0.2, 0.25) is 15.9 Å². The van der Waals surface area contributed by atoms with Crippen LogP contribution in [0.1, 0.15) is 28.8 Å². The standard InChI is InChI=1S/C20H23N3O5S/c21-19(24)11-14-6-8-16(9-7-14)23-20(25)15-3-1-5-18(12-15)29(26,27)22-13-17-4-2-10-28-17/h1,3,5-9,12,17,22H,2,4,10-11,13H2,(H2,21,24)(H,23,25).